The van der Waals surface area contributed by atoms with Crippen LogP contribution in [0.25, 0.3) is 27.6 Å². The van der Waals surface area contributed by atoms with Gasteiger partial charge in [-0.15, -0.1) is 0 Å². The van der Waals surface area contributed by atoms with E-state index in [1.165, 1.54) is 12.4 Å². The summed E-state index contributed by atoms with van der Waals surface area (Å²) >= 11 is 0. The highest BCUT2D eigenvalue weighted by atomic mass is 19.1. The van der Waals surface area contributed by atoms with E-state index in [4.69, 9.17) is 0 Å². The monoisotopic (exact) mass is 442 g/mol. The van der Waals surface area contributed by atoms with E-state index < -0.39 is 5.82 Å². The minimum Gasteiger partial charge on any atom is -0.360 e. The average Bonchev–Trinajstić information content (AvgIpc) is 3.29. The number of nitrogens with one attached hydrogen (secondary N) is 2. The largest absolute Gasteiger partial charge is 0.360 e. The lowest BCUT2D eigenvalue weighted by Gasteiger charge is -2.24. The molecule has 1 atom stereocenters. The van der Waals surface area contributed by atoms with Crippen molar-refractivity contribution in [3.63, 3.8) is 0 Å². The molecule has 0 fully saturated rings. The number of benzene rings is 2. The number of anilines is 1. The molecule has 3 heterocycles. The molecule has 0 aliphatic heterocycles. The molecule has 1 unspecified atom stereocenters. The van der Waals surface area contributed by atoms with Gasteiger partial charge in [0.05, 0.1) is 23.4 Å². The second kappa shape index (κ2) is 8.12. The lowest BCUT2D eigenvalue weighted by molar-refractivity contribution is 0.635. The lowest BCUT2D eigenvalue weighted by atomic mass is 10.0. The Bertz CT molecular complexity index is 1550. The van der Waals surface area contributed by atoms with Crippen LogP contribution in [-0.4, -0.2) is 24.5 Å². The molecule has 2 N–H and O–H groups in total. The molecule has 0 amide bonds. The van der Waals surface area contributed by atoms with Crippen molar-refractivity contribution in [1.82, 2.24) is 24.5 Å². The van der Waals surface area contributed by atoms with Crippen LogP contribution in [0.4, 0.5) is 10.2 Å². The summed E-state index contributed by atoms with van der Waals surface area (Å²) in [6.45, 7) is 5.99. The van der Waals surface area contributed by atoms with Gasteiger partial charge in [0.1, 0.15) is 17.7 Å². The van der Waals surface area contributed by atoms with Gasteiger partial charge in [-0.1, -0.05) is 31.2 Å². The Kier molecular flexibility index (Phi) is 5.12. The number of H-pyrrole nitrogens is 1. The molecular weight excluding hydrogens is 419 g/mol. The Morgan fingerprint density at radius 3 is 2.76 bits per heavy atom. The quantitative estimate of drug-likeness (QED) is 0.401. The highest BCUT2D eigenvalue weighted by Gasteiger charge is 2.22. The molecule has 0 radical (unpaired) electrons. The van der Waals surface area contributed by atoms with Crippen LogP contribution in [-0.2, 0) is 0 Å². The average molecular weight is 442 g/mol. The second-order valence-corrected chi connectivity index (χ2v) is 8.06. The molecule has 8 heteroatoms. The molecule has 5 rings (SSSR count). The predicted molar refractivity (Wildman–Crippen MR) is 127 cm³/mol. The summed E-state index contributed by atoms with van der Waals surface area (Å²) in [5, 5.41) is 4.07. The van der Waals surface area contributed by atoms with Gasteiger partial charge in [-0.2, -0.15) is 0 Å². The van der Waals surface area contributed by atoms with Crippen LogP contribution in [0.3, 0.4) is 0 Å². The molecule has 0 aliphatic carbocycles. The zero-order valence-corrected chi connectivity index (χ0v) is 18.6. The molecule has 0 spiro atoms. The predicted octanol–water partition coefficient (Wildman–Crippen LogP) is 4.98. The summed E-state index contributed by atoms with van der Waals surface area (Å²) in [6.07, 6.45) is 3.68. The first-order valence-electron chi connectivity index (χ1n) is 10.8. The fourth-order valence-corrected chi connectivity index (χ4v) is 4.24. The van der Waals surface area contributed by atoms with Crippen LogP contribution >= 0.6 is 0 Å². The Hall–Kier alpha value is -4.07. The van der Waals surface area contributed by atoms with Crippen LogP contribution in [0.1, 0.15) is 36.2 Å². The third kappa shape index (κ3) is 3.44. The lowest BCUT2D eigenvalue weighted by Crippen LogP contribution is -2.27. The summed E-state index contributed by atoms with van der Waals surface area (Å²) in [4.78, 5) is 29.6. The van der Waals surface area contributed by atoms with Gasteiger partial charge in [-0.05, 0) is 55.0 Å². The van der Waals surface area contributed by atoms with E-state index in [0.717, 1.165) is 22.5 Å². The maximum Gasteiger partial charge on any atom is 0.266 e. The maximum absolute atomic E-state index is 14.8. The number of fused-ring (bicyclic) bond motifs is 2. The zero-order chi connectivity index (χ0) is 23.1. The van der Waals surface area contributed by atoms with E-state index in [0.29, 0.717) is 28.8 Å². The SMILES string of the molecule is CCC(Nc1ncnc2[nH]cnc12)c1cc2cccc(F)c2c(=O)n1-c1cccc(C)c1C. The van der Waals surface area contributed by atoms with Crippen LogP contribution in [0.15, 0.2) is 59.9 Å². The van der Waals surface area contributed by atoms with E-state index in [9.17, 15) is 9.18 Å². The van der Waals surface area contributed by atoms with Crippen molar-refractivity contribution in [2.75, 3.05) is 5.32 Å². The number of aromatic nitrogens is 5. The summed E-state index contributed by atoms with van der Waals surface area (Å²) < 4.78 is 16.4. The highest BCUT2D eigenvalue weighted by molar-refractivity contribution is 5.84. The molecule has 0 saturated heterocycles. The van der Waals surface area contributed by atoms with E-state index in [1.807, 2.05) is 45.0 Å². The first-order chi connectivity index (χ1) is 16.0. The molecule has 33 heavy (non-hydrogen) atoms. The molecular formula is C25H23FN6O. The van der Waals surface area contributed by atoms with Gasteiger partial charge < -0.3 is 10.3 Å². The number of imidazole rings is 1. The van der Waals surface area contributed by atoms with E-state index >= 15 is 0 Å². The van der Waals surface area contributed by atoms with E-state index in [-0.39, 0.29) is 17.0 Å². The number of aryl methyl sites for hydroxylation is 1. The minimum absolute atomic E-state index is 0.0775. The summed E-state index contributed by atoms with van der Waals surface area (Å²) in [5.41, 5.74) is 4.31. The topological polar surface area (TPSA) is 88.5 Å². The fraction of sp³-hybridized carbons (Fsp3) is 0.200. The van der Waals surface area contributed by atoms with E-state index in [2.05, 4.69) is 25.3 Å². The Morgan fingerprint density at radius 1 is 1.12 bits per heavy atom. The summed E-state index contributed by atoms with van der Waals surface area (Å²) in [7, 11) is 0. The number of hydrogen-bond acceptors (Lipinski definition) is 5. The van der Waals surface area contributed by atoms with Gasteiger partial charge in [0, 0.05) is 5.69 Å². The summed E-state index contributed by atoms with van der Waals surface area (Å²) in [6, 6.07) is 12.1. The molecule has 3 aromatic heterocycles. The zero-order valence-electron chi connectivity index (χ0n) is 18.6. The van der Waals surface area contributed by atoms with Crippen LogP contribution < -0.4 is 10.9 Å². The number of rotatable bonds is 5. The Morgan fingerprint density at radius 2 is 1.94 bits per heavy atom. The third-order valence-electron chi connectivity index (χ3n) is 6.13. The number of hydrogen-bond donors (Lipinski definition) is 2. The third-order valence-corrected chi connectivity index (χ3v) is 6.13. The molecule has 2 aromatic carbocycles. The smallest absolute Gasteiger partial charge is 0.266 e. The van der Waals surface area contributed by atoms with Crippen molar-refractivity contribution >= 4 is 27.8 Å². The standard InChI is InChI=1S/C25H23FN6O/c1-4-18(31-24-22-23(28-12-27-22)29-13-30-24)20-11-16-8-6-9-17(26)21(16)25(33)32(20)19-10-5-7-14(2)15(19)3/h5-13,18H,4H2,1-3H3,(H2,27,28,29,30,31). The maximum atomic E-state index is 14.8. The second-order valence-electron chi connectivity index (χ2n) is 8.06. The van der Waals surface area contributed by atoms with Crippen LogP contribution in [0.2, 0.25) is 0 Å². The molecule has 5 aromatic rings. The normalized spacial score (nSPS) is 12.4. The van der Waals surface area contributed by atoms with Crippen LogP contribution in [0.5, 0.6) is 0 Å². The first kappa shape index (κ1) is 20.8. The molecule has 0 aliphatic rings. The van der Waals surface area contributed by atoms with Gasteiger partial charge in [0.15, 0.2) is 11.5 Å². The van der Waals surface area contributed by atoms with Crippen molar-refractivity contribution < 1.29 is 4.39 Å². The van der Waals surface area contributed by atoms with Crippen molar-refractivity contribution in [3.05, 3.63) is 88.1 Å². The minimum atomic E-state index is -0.529. The van der Waals surface area contributed by atoms with Crippen molar-refractivity contribution in [3.8, 4) is 5.69 Å². The fourth-order valence-electron chi connectivity index (χ4n) is 4.24. The Labute approximate surface area is 189 Å². The van der Waals surface area contributed by atoms with Crippen molar-refractivity contribution in [2.24, 2.45) is 0 Å². The van der Waals surface area contributed by atoms with Gasteiger partial charge in [-0.25, -0.2) is 19.3 Å². The van der Waals surface area contributed by atoms with Gasteiger partial charge in [0.2, 0.25) is 0 Å². The van der Waals surface area contributed by atoms with Gasteiger partial charge >= 0.3 is 0 Å². The van der Waals surface area contributed by atoms with Gasteiger partial charge in [-0.3, -0.25) is 9.36 Å². The first-order valence-corrected chi connectivity index (χ1v) is 10.8. The number of aromatic amines is 1. The van der Waals surface area contributed by atoms with E-state index in [1.54, 1.807) is 23.0 Å². The van der Waals surface area contributed by atoms with Gasteiger partial charge in [0.25, 0.3) is 5.56 Å². The number of pyridine rings is 1. The summed E-state index contributed by atoms with van der Waals surface area (Å²) in [5.74, 6) is 0.0329. The number of halogens is 1. The molecule has 166 valence electrons. The number of nitrogens with zero attached hydrogens (tertiary/aromatic N) is 4. The molecule has 0 bridgehead atoms. The molecule has 0 saturated carbocycles. The highest BCUT2D eigenvalue weighted by Crippen LogP contribution is 2.29. The molecule has 7 nitrogen and oxygen atoms in total. The van der Waals surface area contributed by atoms with Crippen molar-refractivity contribution in [1.29, 1.82) is 0 Å². The Balaban J connectivity index is 1.78. The van der Waals surface area contributed by atoms with Crippen LogP contribution in [0, 0.1) is 19.7 Å². The van der Waals surface area contributed by atoms with Crippen molar-refractivity contribution in [2.45, 2.75) is 33.2 Å².